The number of ether oxygens (including phenoxy) is 1. The second kappa shape index (κ2) is 4.73. The summed E-state index contributed by atoms with van der Waals surface area (Å²) < 4.78 is 5.52. The number of carbonyl (C=O) groups excluding carboxylic acids is 1. The summed E-state index contributed by atoms with van der Waals surface area (Å²) in [6.07, 6.45) is 4.34. The maximum Gasteiger partial charge on any atom is 0.326 e. The number of carbonyl (C=O) groups is 1. The van der Waals surface area contributed by atoms with Crippen LogP contribution in [0, 0.1) is 5.92 Å². The van der Waals surface area contributed by atoms with Crippen molar-refractivity contribution in [3.63, 3.8) is 0 Å². The zero-order valence-electron chi connectivity index (χ0n) is 10.5. The highest BCUT2D eigenvalue weighted by atomic mass is 16.5. The van der Waals surface area contributed by atoms with Crippen molar-refractivity contribution >= 4 is 5.97 Å². The van der Waals surface area contributed by atoms with Crippen LogP contribution in [0.4, 0.5) is 0 Å². The van der Waals surface area contributed by atoms with Crippen molar-refractivity contribution in [3.8, 4) is 0 Å². The highest BCUT2D eigenvalue weighted by Crippen LogP contribution is 2.42. The van der Waals surface area contributed by atoms with Crippen molar-refractivity contribution in [1.29, 1.82) is 0 Å². The van der Waals surface area contributed by atoms with E-state index in [0.29, 0.717) is 12.5 Å². The molecule has 0 spiro atoms. The molecule has 0 radical (unpaired) electrons. The summed E-state index contributed by atoms with van der Waals surface area (Å²) in [6.45, 7) is 1.33. The molecule has 1 aliphatic carbocycles. The predicted molar refractivity (Wildman–Crippen MR) is 68.9 cm³/mol. The lowest BCUT2D eigenvalue weighted by Gasteiger charge is -2.27. The van der Waals surface area contributed by atoms with Crippen molar-refractivity contribution < 1.29 is 9.53 Å². The van der Waals surface area contributed by atoms with Gasteiger partial charge in [-0.2, -0.15) is 0 Å². The Morgan fingerprint density at radius 1 is 1.33 bits per heavy atom. The predicted octanol–water partition coefficient (Wildman–Crippen LogP) is 2.26. The van der Waals surface area contributed by atoms with Crippen molar-refractivity contribution in [2.24, 2.45) is 5.92 Å². The molecule has 1 aromatic carbocycles. The lowest BCUT2D eigenvalue weighted by Crippen LogP contribution is -2.50. The molecule has 2 aliphatic rings. The molecule has 0 aromatic heterocycles. The summed E-state index contributed by atoms with van der Waals surface area (Å²) in [5.74, 6) is 0.437. The van der Waals surface area contributed by atoms with E-state index in [1.54, 1.807) is 0 Å². The molecule has 3 nitrogen and oxygen atoms in total. The van der Waals surface area contributed by atoms with Gasteiger partial charge in [0.2, 0.25) is 0 Å². The molecule has 2 fully saturated rings. The maximum atomic E-state index is 12.3. The Morgan fingerprint density at radius 3 is 3.00 bits per heavy atom. The van der Waals surface area contributed by atoms with Crippen LogP contribution in [0.5, 0.6) is 0 Å². The van der Waals surface area contributed by atoms with Gasteiger partial charge in [-0.15, -0.1) is 0 Å². The minimum Gasteiger partial charge on any atom is -0.459 e. The molecule has 1 saturated carbocycles. The van der Waals surface area contributed by atoms with Gasteiger partial charge in [-0.05, 0) is 37.3 Å². The Bertz CT molecular complexity index is 419. The van der Waals surface area contributed by atoms with E-state index in [9.17, 15) is 4.79 Å². The molecule has 0 unspecified atom stereocenters. The van der Waals surface area contributed by atoms with Gasteiger partial charge in [0.15, 0.2) is 0 Å². The van der Waals surface area contributed by atoms with E-state index in [-0.39, 0.29) is 11.5 Å². The van der Waals surface area contributed by atoms with Crippen LogP contribution in [0.15, 0.2) is 30.3 Å². The molecule has 1 aromatic rings. The molecule has 0 bridgehead atoms. The van der Waals surface area contributed by atoms with Gasteiger partial charge in [0.25, 0.3) is 0 Å². The number of nitrogens with one attached hydrogen (secondary N) is 1. The van der Waals surface area contributed by atoms with Gasteiger partial charge in [-0.25, -0.2) is 0 Å². The number of benzene rings is 1. The van der Waals surface area contributed by atoms with Crippen molar-refractivity contribution in [2.45, 2.75) is 37.8 Å². The van der Waals surface area contributed by atoms with E-state index in [4.69, 9.17) is 4.74 Å². The quantitative estimate of drug-likeness (QED) is 0.830. The summed E-state index contributed by atoms with van der Waals surface area (Å²) >= 11 is 0. The number of fused-ring (bicyclic) bond motifs is 1. The third-order valence-corrected chi connectivity index (χ3v) is 4.33. The van der Waals surface area contributed by atoms with Crippen LogP contribution < -0.4 is 5.32 Å². The van der Waals surface area contributed by atoms with Crippen LogP contribution in [-0.2, 0) is 16.1 Å². The Kier molecular flexibility index (Phi) is 3.08. The van der Waals surface area contributed by atoms with E-state index in [1.807, 2.05) is 30.3 Å². The van der Waals surface area contributed by atoms with Gasteiger partial charge in [-0.3, -0.25) is 4.79 Å². The van der Waals surface area contributed by atoms with Crippen LogP contribution in [0.3, 0.4) is 0 Å². The molecule has 1 aliphatic heterocycles. The van der Waals surface area contributed by atoms with Gasteiger partial charge in [0.05, 0.1) is 0 Å². The number of esters is 1. The number of hydrogen-bond donors (Lipinski definition) is 1. The molecule has 1 saturated heterocycles. The highest BCUT2D eigenvalue weighted by Gasteiger charge is 2.52. The average molecular weight is 245 g/mol. The first kappa shape index (κ1) is 11.7. The molecule has 0 amide bonds. The molecular formula is C15H19NO2. The van der Waals surface area contributed by atoms with Crippen LogP contribution in [0.2, 0.25) is 0 Å². The second-order valence-electron chi connectivity index (χ2n) is 5.34. The fourth-order valence-corrected chi connectivity index (χ4v) is 3.36. The summed E-state index contributed by atoms with van der Waals surface area (Å²) in [6, 6.07) is 9.87. The third kappa shape index (κ3) is 1.93. The van der Waals surface area contributed by atoms with E-state index in [2.05, 4.69) is 5.32 Å². The molecular weight excluding hydrogens is 226 g/mol. The minimum absolute atomic E-state index is 0.0497. The van der Waals surface area contributed by atoms with Crippen LogP contribution in [0.25, 0.3) is 0 Å². The van der Waals surface area contributed by atoms with Gasteiger partial charge >= 0.3 is 5.97 Å². The SMILES string of the molecule is O=C(OCc1ccccc1)[C@]12CCC[C@H]1CCN2. The molecule has 3 heteroatoms. The van der Waals surface area contributed by atoms with Gasteiger partial charge in [0, 0.05) is 0 Å². The minimum atomic E-state index is -0.366. The standard InChI is InChI=1S/C15H19NO2/c17-14(18-11-12-5-2-1-3-6-12)15-9-4-7-13(15)8-10-16-15/h1-3,5-6,13,16H,4,7-11H2/t13-,15-/m0/s1. The van der Waals surface area contributed by atoms with Gasteiger partial charge in [-0.1, -0.05) is 36.8 Å². The first-order valence-electron chi connectivity index (χ1n) is 6.77. The van der Waals surface area contributed by atoms with E-state index < -0.39 is 0 Å². The number of rotatable bonds is 3. The first-order chi connectivity index (χ1) is 8.81. The van der Waals surface area contributed by atoms with Crippen molar-refractivity contribution in [2.75, 3.05) is 6.54 Å². The molecule has 18 heavy (non-hydrogen) atoms. The monoisotopic (exact) mass is 245 g/mol. The zero-order valence-corrected chi connectivity index (χ0v) is 10.5. The second-order valence-corrected chi connectivity index (χ2v) is 5.34. The first-order valence-corrected chi connectivity index (χ1v) is 6.77. The Hall–Kier alpha value is -1.35. The normalized spacial score (nSPS) is 30.1. The smallest absolute Gasteiger partial charge is 0.326 e. The molecule has 1 heterocycles. The fourth-order valence-electron chi connectivity index (χ4n) is 3.36. The third-order valence-electron chi connectivity index (χ3n) is 4.33. The summed E-state index contributed by atoms with van der Waals surface area (Å²) in [4.78, 5) is 12.3. The van der Waals surface area contributed by atoms with Crippen LogP contribution >= 0.6 is 0 Å². The summed E-state index contributed by atoms with van der Waals surface area (Å²) in [5.41, 5.74) is 0.684. The van der Waals surface area contributed by atoms with Crippen molar-refractivity contribution in [3.05, 3.63) is 35.9 Å². The highest BCUT2D eigenvalue weighted by molar-refractivity contribution is 5.82. The molecule has 1 N–H and O–H groups in total. The maximum absolute atomic E-state index is 12.3. The lowest BCUT2D eigenvalue weighted by atomic mass is 9.89. The molecule has 3 rings (SSSR count). The lowest BCUT2D eigenvalue weighted by molar-refractivity contribution is -0.153. The largest absolute Gasteiger partial charge is 0.459 e. The van der Waals surface area contributed by atoms with Crippen LogP contribution in [0.1, 0.15) is 31.2 Å². The van der Waals surface area contributed by atoms with E-state index in [0.717, 1.165) is 37.8 Å². The summed E-state index contributed by atoms with van der Waals surface area (Å²) in [7, 11) is 0. The number of hydrogen-bond acceptors (Lipinski definition) is 3. The zero-order chi connectivity index (χ0) is 12.4. The van der Waals surface area contributed by atoms with Crippen molar-refractivity contribution in [1.82, 2.24) is 5.32 Å². The van der Waals surface area contributed by atoms with Crippen LogP contribution in [-0.4, -0.2) is 18.1 Å². The average Bonchev–Trinajstić information content (AvgIpc) is 2.97. The molecule has 2 atom stereocenters. The topological polar surface area (TPSA) is 38.3 Å². The van der Waals surface area contributed by atoms with Gasteiger partial charge < -0.3 is 10.1 Å². The van der Waals surface area contributed by atoms with Gasteiger partial charge in [0.1, 0.15) is 12.1 Å². The van der Waals surface area contributed by atoms with E-state index in [1.165, 1.54) is 0 Å². The van der Waals surface area contributed by atoms with E-state index >= 15 is 0 Å². The fraction of sp³-hybridized carbons (Fsp3) is 0.533. The Labute approximate surface area is 108 Å². The Morgan fingerprint density at radius 2 is 2.17 bits per heavy atom. The summed E-state index contributed by atoms with van der Waals surface area (Å²) in [5, 5.41) is 3.39. The molecule has 96 valence electrons. The Balaban J connectivity index is 1.65.